The minimum Gasteiger partial charge on any atom is -0.383 e. The van der Waals surface area contributed by atoms with E-state index in [0.29, 0.717) is 11.3 Å². The number of nitrogens with two attached hydrogens (primary N) is 1. The van der Waals surface area contributed by atoms with Gasteiger partial charge in [-0.3, -0.25) is 4.79 Å². The predicted molar refractivity (Wildman–Crippen MR) is 104 cm³/mol. The van der Waals surface area contributed by atoms with Gasteiger partial charge in [0.15, 0.2) is 0 Å². The number of rotatable bonds is 4. The number of carbonyl (C=O) groups is 1. The zero-order valence-electron chi connectivity index (χ0n) is 14.9. The number of carbonyl (C=O) groups excluding carboxylic acids is 1. The van der Waals surface area contributed by atoms with E-state index in [0.717, 1.165) is 50.4 Å². The fourth-order valence-electron chi connectivity index (χ4n) is 3.03. The van der Waals surface area contributed by atoms with Crippen LogP contribution in [0.5, 0.6) is 0 Å². The zero-order chi connectivity index (χ0) is 17.8. The molecule has 1 aliphatic heterocycles. The molecule has 1 aliphatic rings. The van der Waals surface area contributed by atoms with Crippen molar-refractivity contribution in [3.8, 4) is 0 Å². The van der Waals surface area contributed by atoms with Crippen molar-refractivity contribution in [1.82, 2.24) is 14.9 Å². The van der Waals surface area contributed by atoms with Crippen LogP contribution in [-0.4, -0.2) is 53.9 Å². The van der Waals surface area contributed by atoms with Crippen molar-refractivity contribution in [3.05, 3.63) is 47.3 Å². The van der Waals surface area contributed by atoms with Crippen LogP contribution in [0.1, 0.15) is 37.8 Å². The lowest BCUT2D eigenvalue weighted by atomic mass is 10.1. The van der Waals surface area contributed by atoms with E-state index in [1.165, 1.54) is 0 Å². The molecule has 6 nitrogen and oxygen atoms in total. The van der Waals surface area contributed by atoms with Gasteiger partial charge < -0.3 is 15.5 Å². The highest BCUT2D eigenvalue weighted by Gasteiger charge is 2.18. The Balaban J connectivity index is 0.00000182. The molecule has 2 aromatic heterocycles. The molecule has 0 saturated carbocycles. The first-order chi connectivity index (χ1) is 12.1. The van der Waals surface area contributed by atoms with E-state index in [2.05, 4.69) is 26.8 Å². The number of hydrogen-bond donors (Lipinski definition) is 1. The molecule has 2 N–H and O–H groups in total. The quantitative estimate of drug-likeness (QED) is 0.860. The second-order valence-electron chi connectivity index (χ2n) is 6.48. The summed E-state index contributed by atoms with van der Waals surface area (Å²) in [5.41, 5.74) is 7.76. The number of anilines is 2. The molecule has 0 radical (unpaired) electrons. The largest absolute Gasteiger partial charge is 0.383 e. The van der Waals surface area contributed by atoms with Crippen LogP contribution >= 0.6 is 0 Å². The number of nitrogen functional groups attached to an aromatic ring is 1. The Bertz CT molecular complexity index is 772. The SMILES string of the molecule is CCc1cnc(N)c(C(=O)c2cccc(N3CCCN(C)CC3)n2)c1.[HH].[HH]. The summed E-state index contributed by atoms with van der Waals surface area (Å²) in [6.45, 7) is 5.97. The average molecular weight is 343 g/mol. The molecule has 3 heterocycles. The molecule has 1 saturated heterocycles. The van der Waals surface area contributed by atoms with Crippen LogP contribution in [0.2, 0.25) is 0 Å². The topological polar surface area (TPSA) is 75.3 Å². The van der Waals surface area contributed by atoms with Gasteiger partial charge in [-0.25, -0.2) is 9.97 Å². The van der Waals surface area contributed by atoms with E-state index < -0.39 is 0 Å². The Morgan fingerprint density at radius 2 is 2.12 bits per heavy atom. The summed E-state index contributed by atoms with van der Waals surface area (Å²) in [5, 5.41) is 0. The number of likely N-dealkylation sites (N-methyl/N-ethyl adjacent to an activating group) is 1. The Kier molecular flexibility index (Phi) is 5.28. The third kappa shape index (κ3) is 3.96. The lowest BCUT2D eigenvalue weighted by molar-refractivity contribution is 0.103. The van der Waals surface area contributed by atoms with Crippen LogP contribution in [-0.2, 0) is 6.42 Å². The fraction of sp³-hybridized carbons (Fsp3) is 0.421. The van der Waals surface area contributed by atoms with Gasteiger partial charge in [0.1, 0.15) is 17.3 Å². The van der Waals surface area contributed by atoms with Gasteiger partial charge >= 0.3 is 0 Å². The molecule has 0 aromatic carbocycles. The highest BCUT2D eigenvalue weighted by Crippen LogP contribution is 2.19. The van der Waals surface area contributed by atoms with Crippen LogP contribution in [0.4, 0.5) is 11.6 Å². The minimum absolute atomic E-state index is 0. The summed E-state index contributed by atoms with van der Waals surface area (Å²) in [4.78, 5) is 26.2. The second kappa shape index (κ2) is 7.61. The number of aryl methyl sites for hydroxylation is 1. The molecular formula is C19H29N5O. The molecule has 0 aliphatic carbocycles. The van der Waals surface area contributed by atoms with Crippen LogP contribution in [0.15, 0.2) is 30.5 Å². The van der Waals surface area contributed by atoms with E-state index in [1.807, 2.05) is 25.1 Å². The number of aromatic nitrogens is 2. The number of ketones is 1. The van der Waals surface area contributed by atoms with Crippen molar-refractivity contribution in [3.63, 3.8) is 0 Å². The minimum atomic E-state index is -0.172. The van der Waals surface area contributed by atoms with Gasteiger partial charge in [0.2, 0.25) is 5.78 Å². The van der Waals surface area contributed by atoms with Gasteiger partial charge in [0.05, 0.1) is 5.56 Å². The number of hydrogen-bond acceptors (Lipinski definition) is 6. The van der Waals surface area contributed by atoms with Crippen molar-refractivity contribution in [1.29, 1.82) is 0 Å². The van der Waals surface area contributed by atoms with Gasteiger partial charge in [0.25, 0.3) is 0 Å². The molecule has 136 valence electrons. The molecule has 3 rings (SSSR count). The summed E-state index contributed by atoms with van der Waals surface area (Å²) >= 11 is 0. The van der Waals surface area contributed by atoms with Crippen molar-refractivity contribution < 1.29 is 7.65 Å². The number of nitrogens with zero attached hydrogens (tertiary/aromatic N) is 4. The Morgan fingerprint density at radius 1 is 1.28 bits per heavy atom. The molecule has 25 heavy (non-hydrogen) atoms. The van der Waals surface area contributed by atoms with Gasteiger partial charge in [0, 0.05) is 28.7 Å². The standard InChI is InChI=1S/C19H25N5O.2H2/c1-3-14-12-15(19(20)21-13-14)18(25)16-6-4-7-17(22-16)24-9-5-8-23(2)10-11-24;;/h4,6-7,12-13H,3,5,8-11H2,1-2H3,(H2,20,21);2*1H. The molecular weight excluding hydrogens is 314 g/mol. The van der Waals surface area contributed by atoms with Gasteiger partial charge in [-0.1, -0.05) is 13.0 Å². The maximum Gasteiger partial charge on any atom is 0.215 e. The lowest BCUT2D eigenvalue weighted by Crippen LogP contribution is -2.29. The van der Waals surface area contributed by atoms with Gasteiger partial charge in [-0.2, -0.15) is 0 Å². The molecule has 0 atom stereocenters. The molecule has 1 fully saturated rings. The molecule has 6 heteroatoms. The highest BCUT2D eigenvalue weighted by atomic mass is 16.1. The van der Waals surface area contributed by atoms with Crippen LogP contribution in [0.25, 0.3) is 0 Å². The van der Waals surface area contributed by atoms with E-state index in [9.17, 15) is 4.79 Å². The number of pyridine rings is 2. The summed E-state index contributed by atoms with van der Waals surface area (Å²) < 4.78 is 0. The summed E-state index contributed by atoms with van der Waals surface area (Å²) in [5.74, 6) is 0.930. The second-order valence-corrected chi connectivity index (χ2v) is 6.48. The maximum atomic E-state index is 12.9. The molecule has 2 aromatic rings. The maximum absolute atomic E-state index is 12.9. The molecule has 0 spiro atoms. The van der Waals surface area contributed by atoms with E-state index in [1.54, 1.807) is 12.3 Å². The smallest absolute Gasteiger partial charge is 0.215 e. The Morgan fingerprint density at radius 3 is 2.92 bits per heavy atom. The van der Waals surface area contributed by atoms with Crippen LogP contribution < -0.4 is 10.6 Å². The monoisotopic (exact) mass is 343 g/mol. The Labute approximate surface area is 151 Å². The van der Waals surface area contributed by atoms with Crippen molar-refractivity contribution >= 4 is 17.4 Å². The first kappa shape index (κ1) is 17.4. The average Bonchev–Trinajstić information content (AvgIpc) is 2.86. The first-order valence-corrected chi connectivity index (χ1v) is 8.78. The normalized spacial score (nSPS) is 15.8. The van der Waals surface area contributed by atoms with E-state index >= 15 is 0 Å². The van der Waals surface area contributed by atoms with Crippen molar-refractivity contribution in [2.24, 2.45) is 0 Å². The summed E-state index contributed by atoms with van der Waals surface area (Å²) in [6, 6.07) is 7.41. The van der Waals surface area contributed by atoms with E-state index in [-0.39, 0.29) is 14.5 Å². The molecule has 0 bridgehead atoms. The summed E-state index contributed by atoms with van der Waals surface area (Å²) in [7, 11) is 2.13. The Hall–Kier alpha value is -2.47. The van der Waals surface area contributed by atoms with Gasteiger partial charge in [-0.05, 0) is 50.2 Å². The fourth-order valence-corrected chi connectivity index (χ4v) is 3.03. The van der Waals surface area contributed by atoms with Crippen molar-refractivity contribution in [2.45, 2.75) is 19.8 Å². The highest BCUT2D eigenvalue weighted by molar-refractivity contribution is 6.10. The lowest BCUT2D eigenvalue weighted by Gasteiger charge is -2.22. The van der Waals surface area contributed by atoms with E-state index in [4.69, 9.17) is 5.73 Å². The third-order valence-electron chi connectivity index (χ3n) is 4.64. The summed E-state index contributed by atoms with van der Waals surface area (Å²) in [6.07, 6.45) is 3.61. The molecule has 0 unspecified atom stereocenters. The first-order valence-electron chi connectivity index (χ1n) is 8.78. The van der Waals surface area contributed by atoms with Crippen LogP contribution in [0, 0.1) is 0 Å². The van der Waals surface area contributed by atoms with Crippen LogP contribution in [0.3, 0.4) is 0 Å². The third-order valence-corrected chi connectivity index (χ3v) is 4.64. The molecule has 0 amide bonds. The van der Waals surface area contributed by atoms with Crippen molar-refractivity contribution in [2.75, 3.05) is 43.9 Å². The zero-order valence-corrected chi connectivity index (χ0v) is 14.9. The predicted octanol–water partition coefficient (Wildman–Crippen LogP) is 2.49. The van der Waals surface area contributed by atoms with Gasteiger partial charge in [-0.15, -0.1) is 0 Å².